The van der Waals surface area contributed by atoms with Gasteiger partial charge in [-0.2, -0.15) is 0 Å². The molecule has 2 fully saturated rings. The van der Waals surface area contributed by atoms with E-state index in [1.54, 1.807) is 12.1 Å². The number of hydrogen-bond donors (Lipinski definition) is 1. The number of aromatic hydroxyl groups is 1. The fourth-order valence-electron chi connectivity index (χ4n) is 3.40. The minimum Gasteiger partial charge on any atom is -0.508 e. The lowest BCUT2D eigenvalue weighted by molar-refractivity contribution is -0.132. The van der Waals surface area contributed by atoms with Crippen molar-refractivity contribution in [2.45, 2.75) is 25.8 Å². The average molecular weight is 245 g/mol. The monoisotopic (exact) mass is 245 g/mol. The van der Waals surface area contributed by atoms with E-state index in [2.05, 4.69) is 0 Å². The molecular formula is C15H19NO2. The van der Waals surface area contributed by atoms with Crippen LogP contribution in [0.2, 0.25) is 0 Å². The molecule has 3 heteroatoms. The molecule has 3 nitrogen and oxygen atoms in total. The van der Waals surface area contributed by atoms with Crippen LogP contribution in [0.15, 0.2) is 24.3 Å². The highest BCUT2D eigenvalue weighted by atomic mass is 16.3. The number of amides is 1. The molecule has 96 valence electrons. The zero-order valence-corrected chi connectivity index (χ0v) is 10.7. The lowest BCUT2D eigenvalue weighted by atomic mass is 10.1. The lowest BCUT2D eigenvalue weighted by Gasteiger charge is -2.18. The first-order valence-electron chi connectivity index (χ1n) is 6.69. The Bertz CT molecular complexity index is 444. The smallest absolute Gasteiger partial charge is 0.226 e. The molecule has 2 aliphatic rings. The zero-order chi connectivity index (χ0) is 12.7. The Hall–Kier alpha value is -1.51. The number of nitrogens with zero attached hydrogens (tertiary/aromatic N) is 1. The van der Waals surface area contributed by atoms with Crippen LogP contribution in [0.4, 0.5) is 0 Å². The first kappa shape index (κ1) is 11.6. The molecule has 0 aromatic heterocycles. The molecule has 0 spiro atoms. The number of carbonyl (C=O) groups excluding carboxylic acids is 1. The first-order chi connectivity index (χ1) is 8.66. The van der Waals surface area contributed by atoms with Crippen molar-refractivity contribution in [2.75, 3.05) is 7.05 Å². The van der Waals surface area contributed by atoms with E-state index in [0.717, 1.165) is 5.56 Å². The number of hydrogen-bond acceptors (Lipinski definition) is 2. The SMILES string of the molecule is CN(Cc1ccc(O)cc1)C(=O)C1C2CCCC21. The van der Waals surface area contributed by atoms with E-state index in [9.17, 15) is 9.90 Å². The summed E-state index contributed by atoms with van der Waals surface area (Å²) < 4.78 is 0. The summed E-state index contributed by atoms with van der Waals surface area (Å²) in [5.74, 6) is 2.24. The minimum atomic E-state index is 0.268. The van der Waals surface area contributed by atoms with Crippen LogP contribution in [0.1, 0.15) is 24.8 Å². The van der Waals surface area contributed by atoms with Crippen molar-refractivity contribution < 1.29 is 9.90 Å². The van der Waals surface area contributed by atoms with Gasteiger partial charge in [0.25, 0.3) is 0 Å². The third kappa shape index (κ3) is 1.98. The number of benzene rings is 1. The molecule has 2 saturated carbocycles. The Morgan fingerprint density at radius 1 is 1.28 bits per heavy atom. The van der Waals surface area contributed by atoms with Crippen LogP contribution in [-0.2, 0) is 11.3 Å². The normalized spacial score (nSPS) is 28.8. The van der Waals surface area contributed by atoms with Gasteiger partial charge in [0.05, 0.1) is 0 Å². The van der Waals surface area contributed by atoms with Gasteiger partial charge in [0, 0.05) is 19.5 Å². The Labute approximate surface area is 107 Å². The van der Waals surface area contributed by atoms with Crippen LogP contribution >= 0.6 is 0 Å². The van der Waals surface area contributed by atoms with E-state index in [1.165, 1.54) is 19.3 Å². The molecule has 0 heterocycles. The maximum absolute atomic E-state index is 12.3. The molecule has 0 aliphatic heterocycles. The number of phenols is 1. The number of fused-ring (bicyclic) bond motifs is 1. The van der Waals surface area contributed by atoms with E-state index in [4.69, 9.17) is 0 Å². The third-order valence-electron chi connectivity index (χ3n) is 4.42. The largest absolute Gasteiger partial charge is 0.508 e. The van der Waals surface area contributed by atoms with Crippen LogP contribution in [0.25, 0.3) is 0 Å². The molecule has 1 amide bonds. The highest BCUT2D eigenvalue weighted by Crippen LogP contribution is 2.58. The van der Waals surface area contributed by atoms with Gasteiger partial charge in [-0.15, -0.1) is 0 Å². The molecule has 18 heavy (non-hydrogen) atoms. The molecule has 0 saturated heterocycles. The van der Waals surface area contributed by atoms with E-state index in [-0.39, 0.29) is 5.75 Å². The highest BCUT2D eigenvalue weighted by Gasteiger charge is 2.57. The summed E-state index contributed by atoms with van der Waals surface area (Å²) >= 11 is 0. The van der Waals surface area contributed by atoms with Gasteiger partial charge in [0.15, 0.2) is 0 Å². The van der Waals surface area contributed by atoms with Gasteiger partial charge >= 0.3 is 0 Å². The maximum Gasteiger partial charge on any atom is 0.226 e. The second-order valence-corrected chi connectivity index (χ2v) is 5.65. The van der Waals surface area contributed by atoms with Gasteiger partial charge in [0.1, 0.15) is 5.75 Å². The van der Waals surface area contributed by atoms with E-state index >= 15 is 0 Å². The predicted octanol–water partition coefficient (Wildman–Crippen LogP) is 2.40. The van der Waals surface area contributed by atoms with Gasteiger partial charge in [0.2, 0.25) is 5.91 Å². The molecule has 3 rings (SSSR count). The molecule has 1 N–H and O–H groups in total. The van der Waals surface area contributed by atoms with E-state index in [0.29, 0.717) is 30.2 Å². The second-order valence-electron chi connectivity index (χ2n) is 5.65. The molecular weight excluding hydrogens is 226 g/mol. The second kappa shape index (κ2) is 4.30. The molecule has 1 aromatic rings. The molecule has 2 atom stereocenters. The van der Waals surface area contributed by atoms with Crippen molar-refractivity contribution >= 4 is 5.91 Å². The summed E-state index contributed by atoms with van der Waals surface area (Å²) in [7, 11) is 1.88. The van der Waals surface area contributed by atoms with Gasteiger partial charge in [-0.1, -0.05) is 18.6 Å². The van der Waals surface area contributed by atoms with Crippen LogP contribution in [0.5, 0.6) is 5.75 Å². The number of carbonyl (C=O) groups is 1. The van der Waals surface area contributed by atoms with Crippen molar-refractivity contribution in [3.05, 3.63) is 29.8 Å². The minimum absolute atomic E-state index is 0.268. The molecule has 2 unspecified atom stereocenters. The van der Waals surface area contributed by atoms with Crippen LogP contribution < -0.4 is 0 Å². The molecule has 0 radical (unpaired) electrons. The Morgan fingerprint density at radius 3 is 2.50 bits per heavy atom. The van der Waals surface area contributed by atoms with E-state index in [1.807, 2.05) is 24.1 Å². The Balaban J connectivity index is 1.59. The molecule has 0 bridgehead atoms. The summed E-state index contributed by atoms with van der Waals surface area (Å²) in [5, 5.41) is 9.23. The quantitative estimate of drug-likeness (QED) is 0.888. The van der Waals surface area contributed by atoms with Crippen molar-refractivity contribution in [3.63, 3.8) is 0 Å². The number of rotatable bonds is 3. The predicted molar refractivity (Wildman–Crippen MR) is 68.9 cm³/mol. The maximum atomic E-state index is 12.3. The van der Waals surface area contributed by atoms with Crippen LogP contribution in [-0.4, -0.2) is 23.0 Å². The standard InChI is InChI=1S/C15H19NO2/c1-16(9-10-5-7-11(17)8-6-10)15(18)14-12-3-2-4-13(12)14/h5-8,12-14,17H,2-4,9H2,1H3. The zero-order valence-electron chi connectivity index (χ0n) is 10.7. The summed E-state index contributed by atoms with van der Waals surface area (Å²) in [4.78, 5) is 14.1. The van der Waals surface area contributed by atoms with Gasteiger partial charge in [-0.3, -0.25) is 4.79 Å². The summed E-state index contributed by atoms with van der Waals surface area (Å²) in [6, 6.07) is 7.07. The van der Waals surface area contributed by atoms with Crippen molar-refractivity contribution in [1.82, 2.24) is 4.90 Å². The summed E-state index contributed by atoms with van der Waals surface area (Å²) in [6.45, 7) is 0.634. The third-order valence-corrected chi connectivity index (χ3v) is 4.42. The molecule has 2 aliphatic carbocycles. The van der Waals surface area contributed by atoms with Crippen molar-refractivity contribution in [3.8, 4) is 5.75 Å². The Morgan fingerprint density at radius 2 is 1.89 bits per heavy atom. The van der Waals surface area contributed by atoms with Crippen LogP contribution in [0.3, 0.4) is 0 Å². The molecule has 1 aromatic carbocycles. The topological polar surface area (TPSA) is 40.5 Å². The average Bonchev–Trinajstić information content (AvgIpc) is 2.83. The van der Waals surface area contributed by atoms with Gasteiger partial charge in [-0.05, 0) is 42.4 Å². The summed E-state index contributed by atoms with van der Waals surface area (Å²) in [6.07, 6.45) is 3.79. The van der Waals surface area contributed by atoms with Crippen LogP contribution in [0, 0.1) is 17.8 Å². The fraction of sp³-hybridized carbons (Fsp3) is 0.533. The first-order valence-corrected chi connectivity index (χ1v) is 6.69. The fourth-order valence-corrected chi connectivity index (χ4v) is 3.40. The number of phenolic OH excluding ortho intramolecular Hbond substituents is 1. The van der Waals surface area contributed by atoms with Crippen molar-refractivity contribution in [2.24, 2.45) is 17.8 Å². The lowest BCUT2D eigenvalue weighted by Crippen LogP contribution is -2.29. The summed E-state index contributed by atoms with van der Waals surface area (Å²) in [5.41, 5.74) is 1.06. The van der Waals surface area contributed by atoms with E-state index < -0.39 is 0 Å². The Kier molecular flexibility index (Phi) is 2.77. The highest BCUT2D eigenvalue weighted by molar-refractivity contribution is 5.82. The van der Waals surface area contributed by atoms with Crippen molar-refractivity contribution in [1.29, 1.82) is 0 Å². The van der Waals surface area contributed by atoms with Gasteiger partial charge in [-0.25, -0.2) is 0 Å². The van der Waals surface area contributed by atoms with Gasteiger partial charge < -0.3 is 10.0 Å².